The molecule has 2 aromatic heterocycles. The summed E-state index contributed by atoms with van der Waals surface area (Å²) in [5.74, 6) is -0.328. The normalized spacial score (nSPS) is 16.7. The van der Waals surface area contributed by atoms with E-state index in [0.717, 1.165) is 23.3 Å². The van der Waals surface area contributed by atoms with Gasteiger partial charge in [-0.1, -0.05) is 6.42 Å². The molecule has 2 N–H and O–H groups in total. The molecule has 2 nitrogen and oxygen atoms in total. The third kappa shape index (κ3) is 2.69. The van der Waals surface area contributed by atoms with E-state index < -0.39 is 0 Å². The molecule has 4 heteroatoms. The minimum atomic E-state index is -0.328. The maximum Gasteiger partial charge on any atom is 0.141 e. The highest BCUT2D eigenvalue weighted by molar-refractivity contribution is 7.12. The average Bonchev–Trinajstić information content (AvgIpc) is 2.69. The van der Waals surface area contributed by atoms with Crippen LogP contribution in [0.2, 0.25) is 0 Å². The second-order valence-corrected chi connectivity index (χ2v) is 6.24. The minimum Gasteiger partial charge on any atom is -0.320 e. The Morgan fingerprint density at radius 3 is 2.84 bits per heavy atom. The molecule has 0 amide bonds. The first-order chi connectivity index (χ1) is 9.24. The molecule has 0 saturated heterocycles. The first-order valence-corrected chi connectivity index (χ1v) is 7.53. The second-order valence-electron chi connectivity index (χ2n) is 5.07. The standard InChI is InChI=1S/C15H17FN2S/c16-12-6-11(8-18-9-12)15(17)14-7-10-4-2-1-3-5-13(10)19-14/h6-9,15H,1-5,17H2. The van der Waals surface area contributed by atoms with E-state index >= 15 is 0 Å². The van der Waals surface area contributed by atoms with Crippen LogP contribution in [0.1, 0.15) is 46.2 Å². The summed E-state index contributed by atoms with van der Waals surface area (Å²) >= 11 is 1.78. The van der Waals surface area contributed by atoms with Crippen LogP contribution < -0.4 is 5.73 Å². The zero-order valence-electron chi connectivity index (χ0n) is 10.7. The number of aryl methyl sites for hydroxylation is 2. The van der Waals surface area contributed by atoms with Gasteiger partial charge in [0, 0.05) is 16.0 Å². The molecule has 3 rings (SSSR count). The van der Waals surface area contributed by atoms with E-state index in [1.54, 1.807) is 17.5 Å². The summed E-state index contributed by atoms with van der Waals surface area (Å²) < 4.78 is 13.2. The number of hydrogen-bond donors (Lipinski definition) is 1. The largest absolute Gasteiger partial charge is 0.320 e. The highest BCUT2D eigenvalue weighted by atomic mass is 32.1. The quantitative estimate of drug-likeness (QED) is 0.851. The number of aromatic nitrogens is 1. The fraction of sp³-hybridized carbons (Fsp3) is 0.400. The van der Waals surface area contributed by atoms with Gasteiger partial charge in [0.25, 0.3) is 0 Å². The van der Waals surface area contributed by atoms with Gasteiger partial charge in [0.2, 0.25) is 0 Å². The first kappa shape index (κ1) is 12.8. The summed E-state index contributed by atoms with van der Waals surface area (Å²) in [5, 5.41) is 0. The van der Waals surface area contributed by atoms with Crippen molar-refractivity contribution in [2.75, 3.05) is 0 Å². The Morgan fingerprint density at radius 2 is 2.00 bits per heavy atom. The topological polar surface area (TPSA) is 38.9 Å². The molecule has 0 aliphatic heterocycles. The third-order valence-corrected chi connectivity index (χ3v) is 4.98. The van der Waals surface area contributed by atoms with Crippen LogP contribution >= 0.6 is 11.3 Å². The molecular formula is C15H17FN2S. The summed E-state index contributed by atoms with van der Waals surface area (Å²) in [6, 6.07) is 3.42. The van der Waals surface area contributed by atoms with Crippen LogP contribution in [-0.2, 0) is 12.8 Å². The maximum absolute atomic E-state index is 13.2. The lowest BCUT2D eigenvalue weighted by atomic mass is 10.1. The molecule has 1 aliphatic carbocycles. The van der Waals surface area contributed by atoms with E-state index in [9.17, 15) is 4.39 Å². The zero-order valence-corrected chi connectivity index (χ0v) is 11.5. The Morgan fingerprint density at radius 1 is 1.16 bits per heavy atom. The molecule has 1 atom stereocenters. The molecule has 2 aromatic rings. The highest BCUT2D eigenvalue weighted by Gasteiger charge is 2.17. The van der Waals surface area contributed by atoms with Gasteiger partial charge in [-0.3, -0.25) is 4.98 Å². The van der Waals surface area contributed by atoms with Gasteiger partial charge in [0.15, 0.2) is 0 Å². The number of fused-ring (bicyclic) bond motifs is 1. The summed E-state index contributed by atoms with van der Waals surface area (Å²) in [6.07, 6.45) is 9.02. The van der Waals surface area contributed by atoms with E-state index in [4.69, 9.17) is 5.73 Å². The van der Waals surface area contributed by atoms with Gasteiger partial charge in [-0.25, -0.2) is 4.39 Å². The van der Waals surface area contributed by atoms with Crippen LogP contribution in [0, 0.1) is 5.82 Å². The number of nitrogens with two attached hydrogens (primary N) is 1. The Kier molecular flexibility index (Phi) is 3.62. The number of halogens is 1. The predicted octanol–water partition coefficient (Wildman–Crippen LogP) is 3.60. The molecule has 2 heterocycles. The second kappa shape index (κ2) is 5.39. The molecule has 0 bridgehead atoms. The van der Waals surface area contributed by atoms with E-state index in [1.807, 2.05) is 0 Å². The Bertz CT molecular complexity index is 556. The molecule has 1 aliphatic rings. The lowest BCUT2D eigenvalue weighted by molar-refractivity contribution is 0.616. The van der Waals surface area contributed by atoms with Crippen LogP contribution in [-0.4, -0.2) is 4.98 Å². The fourth-order valence-electron chi connectivity index (χ4n) is 2.61. The number of nitrogens with zero attached hydrogens (tertiary/aromatic N) is 1. The van der Waals surface area contributed by atoms with Crippen molar-refractivity contribution in [3.8, 4) is 0 Å². The lowest BCUT2D eigenvalue weighted by Crippen LogP contribution is -2.10. The van der Waals surface area contributed by atoms with Crippen molar-refractivity contribution in [2.24, 2.45) is 5.73 Å². The van der Waals surface area contributed by atoms with Gasteiger partial charge >= 0.3 is 0 Å². The third-order valence-electron chi connectivity index (χ3n) is 3.66. The van der Waals surface area contributed by atoms with Crippen LogP contribution in [0.3, 0.4) is 0 Å². The number of thiophene rings is 1. The van der Waals surface area contributed by atoms with E-state index in [2.05, 4.69) is 11.1 Å². The number of hydrogen-bond acceptors (Lipinski definition) is 3. The molecule has 0 spiro atoms. The Balaban J connectivity index is 1.90. The summed E-state index contributed by atoms with van der Waals surface area (Å²) in [6.45, 7) is 0. The number of rotatable bonds is 2. The van der Waals surface area contributed by atoms with Crippen molar-refractivity contribution in [1.82, 2.24) is 4.98 Å². The highest BCUT2D eigenvalue weighted by Crippen LogP contribution is 2.33. The van der Waals surface area contributed by atoms with Crippen molar-refractivity contribution in [3.63, 3.8) is 0 Å². The van der Waals surface area contributed by atoms with Crippen LogP contribution in [0.5, 0.6) is 0 Å². The molecule has 100 valence electrons. The molecular weight excluding hydrogens is 259 g/mol. The summed E-state index contributed by atoms with van der Waals surface area (Å²) in [4.78, 5) is 6.47. The lowest BCUT2D eigenvalue weighted by Gasteiger charge is -2.09. The van der Waals surface area contributed by atoms with Gasteiger partial charge in [0.1, 0.15) is 5.82 Å². The van der Waals surface area contributed by atoms with Crippen molar-refractivity contribution in [3.05, 3.63) is 51.2 Å². The van der Waals surface area contributed by atoms with Crippen molar-refractivity contribution in [1.29, 1.82) is 0 Å². The van der Waals surface area contributed by atoms with Crippen molar-refractivity contribution in [2.45, 2.75) is 38.1 Å². The summed E-state index contributed by atoms with van der Waals surface area (Å²) in [5.41, 5.74) is 8.43. The average molecular weight is 276 g/mol. The fourth-order valence-corrected chi connectivity index (χ4v) is 3.89. The SMILES string of the molecule is NC(c1cncc(F)c1)c1cc2c(s1)CCCCC2. The molecule has 0 saturated carbocycles. The molecule has 0 aromatic carbocycles. The summed E-state index contributed by atoms with van der Waals surface area (Å²) in [7, 11) is 0. The van der Waals surface area contributed by atoms with Gasteiger partial charge in [-0.15, -0.1) is 11.3 Å². The van der Waals surface area contributed by atoms with Crippen LogP contribution in [0.4, 0.5) is 4.39 Å². The van der Waals surface area contributed by atoms with E-state index in [1.165, 1.54) is 42.0 Å². The van der Waals surface area contributed by atoms with Crippen LogP contribution in [0.25, 0.3) is 0 Å². The zero-order chi connectivity index (χ0) is 13.2. The Labute approximate surface area is 116 Å². The van der Waals surface area contributed by atoms with Crippen molar-refractivity contribution >= 4 is 11.3 Å². The van der Waals surface area contributed by atoms with Gasteiger partial charge in [-0.05, 0) is 48.9 Å². The van der Waals surface area contributed by atoms with Gasteiger partial charge in [0.05, 0.1) is 12.2 Å². The monoisotopic (exact) mass is 276 g/mol. The smallest absolute Gasteiger partial charge is 0.141 e. The van der Waals surface area contributed by atoms with Gasteiger partial charge in [-0.2, -0.15) is 0 Å². The predicted molar refractivity (Wildman–Crippen MR) is 75.8 cm³/mol. The van der Waals surface area contributed by atoms with E-state index in [-0.39, 0.29) is 11.9 Å². The van der Waals surface area contributed by atoms with Crippen LogP contribution in [0.15, 0.2) is 24.5 Å². The minimum absolute atomic E-state index is 0.264. The Hall–Kier alpha value is -1.26. The molecule has 0 fully saturated rings. The maximum atomic E-state index is 13.2. The molecule has 19 heavy (non-hydrogen) atoms. The molecule has 1 unspecified atom stereocenters. The number of pyridine rings is 1. The van der Waals surface area contributed by atoms with Gasteiger partial charge < -0.3 is 5.73 Å². The van der Waals surface area contributed by atoms with E-state index in [0.29, 0.717) is 0 Å². The van der Waals surface area contributed by atoms with Crippen molar-refractivity contribution < 1.29 is 4.39 Å². The first-order valence-electron chi connectivity index (χ1n) is 6.71. The molecule has 0 radical (unpaired) electrons.